The van der Waals surface area contributed by atoms with Crippen LogP contribution in [-0.4, -0.2) is 41.8 Å². The SMILES string of the molecule is CNc1ccc(C(=O)OCc2ccc(C(=O)N3CCCC3)cc2)cc1[N+](=O)[O-]. The Labute approximate surface area is 162 Å². The number of carbonyl (C=O) groups excluding carboxylic acids is 2. The Morgan fingerprint density at radius 3 is 2.36 bits per heavy atom. The van der Waals surface area contributed by atoms with Gasteiger partial charge in [-0.2, -0.15) is 0 Å². The van der Waals surface area contributed by atoms with Crippen LogP contribution in [0.25, 0.3) is 0 Å². The van der Waals surface area contributed by atoms with Gasteiger partial charge in [0.2, 0.25) is 0 Å². The molecule has 1 aliphatic rings. The summed E-state index contributed by atoms with van der Waals surface area (Å²) in [6.07, 6.45) is 2.07. The molecule has 1 fully saturated rings. The molecular formula is C20H21N3O5. The van der Waals surface area contributed by atoms with Crippen LogP contribution < -0.4 is 5.32 Å². The summed E-state index contributed by atoms with van der Waals surface area (Å²) in [5.74, 6) is -0.638. The first-order valence-corrected chi connectivity index (χ1v) is 9.01. The van der Waals surface area contributed by atoms with Crippen molar-refractivity contribution in [2.75, 3.05) is 25.5 Å². The van der Waals surface area contributed by atoms with E-state index in [1.807, 2.05) is 4.90 Å². The highest BCUT2D eigenvalue weighted by molar-refractivity contribution is 5.94. The van der Waals surface area contributed by atoms with Crippen LogP contribution in [0.5, 0.6) is 0 Å². The number of esters is 1. The summed E-state index contributed by atoms with van der Waals surface area (Å²) in [5, 5.41) is 13.8. The first-order valence-electron chi connectivity index (χ1n) is 9.01. The first-order chi connectivity index (χ1) is 13.5. The zero-order valence-corrected chi connectivity index (χ0v) is 15.5. The maximum atomic E-state index is 12.3. The molecule has 2 aromatic rings. The summed E-state index contributed by atoms with van der Waals surface area (Å²) in [4.78, 5) is 36.9. The van der Waals surface area contributed by atoms with E-state index in [0.717, 1.165) is 31.5 Å². The standard InChI is InChI=1S/C20H21N3O5/c1-21-17-9-8-16(12-18(17)23(26)27)20(25)28-13-14-4-6-15(7-5-14)19(24)22-10-2-3-11-22/h4-9,12,21H,2-3,10-11,13H2,1H3. The number of hydrogen-bond acceptors (Lipinski definition) is 6. The van der Waals surface area contributed by atoms with Crippen LogP contribution in [0.3, 0.4) is 0 Å². The summed E-state index contributed by atoms with van der Waals surface area (Å²) in [7, 11) is 1.57. The van der Waals surface area contributed by atoms with Crippen LogP contribution in [0.4, 0.5) is 11.4 Å². The minimum atomic E-state index is -0.650. The lowest BCUT2D eigenvalue weighted by molar-refractivity contribution is -0.384. The largest absolute Gasteiger partial charge is 0.457 e. The zero-order chi connectivity index (χ0) is 20.1. The summed E-state index contributed by atoms with van der Waals surface area (Å²) < 4.78 is 5.25. The van der Waals surface area contributed by atoms with Crippen molar-refractivity contribution in [3.63, 3.8) is 0 Å². The van der Waals surface area contributed by atoms with Gasteiger partial charge in [0.1, 0.15) is 12.3 Å². The Balaban J connectivity index is 1.62. The number of nitro groups is 1. The summed E-state index contributed by atoms with van der Waals surface area (Å²) in [6.45, 7) is 1.59. The number of anilines is 1. The lowest BCUT2D eigenvalue weighted by Gasteiger charge is -2.15. The maximum absolute atomic E-state index is 12.3. The summed E-state index contributed by atoms with van der Waals surface area (Å²) in [5.41, 5.74) is 1.57. The molecule has 8 heteroatoms. The molecular weight excluding hydrogens is 362 g/mol. The number of nitrogens with zero attached hydrogens (tertiary/aromatic N) is 2. The number of rotatable bonds is 6. The number of hydrogen-bond donors (Lipinski definition) is 1. The van der Waals surface area contributed by atoms with Crippen molar-refractivity contribution in [3.05, 3.63) is 69.3 Å². The fourth-order valence-corrected chi connectivity index (χ4v) is 3.10. The molecule has 0 bridgehead atoms. The van der Waals surface area contributed by atoms with Gasteiger partial charge in [-0.25, -0.2) is 4.79 Å². The van der Waals surface area contributed by atoms with Crippen LogP contribution in [0, 0.1) is 10.1 Å². The quantitative estimate of drug-likeness (QED) is 0.467. The number of likely N-dealkylation sites (tertiary alicyclic amines) is 1. The van der Waals surface area contributed by atoms with Gasteiger partial charge in [-0.15, -0.1) is 0 Å². The van der Waals surface area contributed by atoms with E-state index < -0.39 is 10.9 Å². The molecule has 0 spiro atoms. The lowest BCUT2D eigenvalue weighted by atomic mass is 10.1. The minimum absolute atomic E-state index is 0.0120. The Hall–Kier alpha value is -3.42. The number of amides is 1. The second-order valence-electron chi connectivity index (χ2n) is 6.51. The van der Waals surface area contributed by atoms with Gasteiger partial charge in [-0.1, -0.05) is 12.1 Å². The van der Waals surface area contributed by atoms with Crippen LogP contribution in [0.15, 0.2) is 42.5 Å². The van der Waals surface area contributed by atoms with E-state index in [1.165, 1.54) is 18.2 Å². The molecule has 28 heavy (non-hydrogen) atoms. The summed E-state index contributed by atoms with van der Waals surface area (Å²) in [6, 6.07) is 11.0. The smallest absolute Gasteiger partial charge is 0.338 e. The molecule has 1 amide bonds. The zero-order valence-electron chi connectivity index (χ0n) is 15.5. The van der Waals surface area contributed by atoms with Crippen LogP contribution in [-0.2, 0) is 11.3 Å². The molecule has 2 aromatic carbocycles. The van der Waals surface area contributed by atoms with E-state index in [-0.39, 0.29) is 23.8 Å². The van der Waals surface area contributed by atoms with E-state index in [2.05, 4.69) is 5.32 Å². The van der Waals surface area contributed by atoms with E-state index >= 15 is 0 Å². The molecule has 8 nitrogen and oxygen atoms in total. The second kappa shape index (κ2) is 8.51. The second-order valence-corrected chi connectivity index (χ2v) is 6.51. The van der Waals surface area contributed by atoms with Crippen molar-refractivity contribution >= 4 is 23.3 Å². The van der Waals surface area contributed by atoms with Gasteiger partial charge in [-0.3, -0.25) is 14.9 Å². The molecule has 0 atom stereocenters. The highest BCUT2D eigenvalue weighted by Crippen LogP contribution is 2.25. The molecule has 146 valence electrons. The Morgan fingerprint density at radius 2 is 1.75 bits per heavy atom. The highest BCUT2D eigenvalue weighted by atomic mass is 16.6. The Morgan fingerprint density at radius 1 is 1.11 bits per heavy atom. The number of carbonyl (C=O) groups is 2. The van der Waals surface area contributed by atoms with Gasteiger partial charge in [-0.05, 0) is 42.7 Å². The average Bonchev–Trinajstić information content (AvgIpc) is 3.26. The van der Waals surface area contributed by atoms with Crippen molar-refractivity contribution in [2.24, 2.45) is 0 Å². The third-order valence-corrected chi connectivity index (χ3v) is 4.66. The first kappa shape index (κ1) is 19.3. The molecule has 0 saturated carbocycles. The number of nitrogens with one attached hydrogen (secondary N) is 1. The van der Waals surface area contributed by atoms with Gasteiger partial charge in [0.05, 0.1) is 10.5 Å². The van der Waals surface area contributed by atoms with Crippen LogP contribution in [0.1, 0.15) is 39.1 Å². The van der Waals surface area contributed by atoms with E-state index in [9.17, 15) is 19.7 Å². The van der Waals surface area contributed by atoms with E-state index in [4.69, 9.17) is 4.74 Å². The maximum Gasteiger partial charge on any atom is 0.338 e. The molecule has 1 saturated heterocycles. The van der Waals surface area contributed by atoms with Gasteiger partial charge in [0, 0.05) is 31.8 Å². The predicted molar refractivity (Wildman–Crippen MR) is 103 cm³/mol. The molecule has 1 aliphatic heterocycles. The molecule has 3 rings (SSSR count). The van der Waals surface area contributed by atoms with Gasteiger partial charge in [0.25, 0.3) is 11.6 Å². The van der Waals surface area contributed by atoms with Crippen LogP contribution >= 0.6 is 0 Å². The van der Waals surface area contributed by atoms with Gasteiger partial charge >= 0.3 is 5.97 Å². The Bertz CT molecular complexity index is 889. The molecule has 0 aromatic heterocycles. The normalized spacial score (nSPS) is 13.2. The fourth-order valence-electron chi connectivity index (χ4n) is 3.10. The third-order valence-electron chi connectivity index (χ3n) is 4.66. The van der Waals surface area contributed by atoms with Crippen molar-refractivity contribution in [1.29, 1.82) is 0 Å². The van der Waals surface area contributed by atoms with E-state index in [0.29, 0.717) is 11.3 Å². The third kappa shape index (κ3) is 4.28. The van der Waals surface area contributed by atoms with Crippen molar-refractivity contribution in [2.45, 2.75) is 19.4 Å². The van der Waals surface area contributed by atoms with Gasteiger partial charge < -0.3 is 15.0 Å². The highest BCUT2D eigenvalue weighted by Gasteiger charge is 2.20. The van der Waals surface area contributed by atoms with Gasteiger partial charge in [0.15, 0.2) is 0 Å². The number of nitro benzene ring substituents is 1. The predicted octanol–water partition coefficient (Wildman–Crippen LogP) is 3.23. The molecule has 1 N–H and O–H groups in total. The average molecular weight is 383 g/mol. The summed E-state index contributed by atoms with van der Waals surface area (Å²) >= 11 is 0. The van der Waals surface area contributed by atoms with Crippen LogP contribution in [0.2, 0.25) is 0 Å². The Kier molecular flexibility index (Phi) is 5.88. The van der Waals surface area contributed by atoms with Crippen molar-refractivity contribution in [1.82, 2.24) is 4.90 Å². The molecule has 0 unspecified atom stereocenters. The fraction of sp³-hybridized carbons (Fsp3) is 0.300. The van der Waals surface area contributed by atoms with Crippen molar-refractivity contribution in [3.8, 4) is 0 Å². The topological polar surface area (TPSA) is 102 Å². The minimum Gasteiger partial charge on any atom is -0.457 e. The van der Waals surface area contributed by atoms with E-state index in [1.54, 1.807) is 31.3 Å². The van der Waals surface area contributed by atoms with Crippen molar-refractivity contribution < 1.29 is 19.2 Å². The molecule has 0 aliphatic carbocycles. The number of ether oxygens (including phenoxy) is 1. The number of benzene rings is 2. The molecule has 1 heterocycles. The molecule has 0 radical (unpaired) electrons. The monoisotopic (exact) mass is 383 g/mol. The lowest BCUT2D eigenvalue weighted by Crippen LogP contribution is -2.27.